The van der Waals surface area contributed by atoms with Gasteiger partial charge in [0.25, 0.3) is 5.69 Å². The highest BCUT2D eigenvalue weighted by Gasteiger charge is 2.24. The lowest BCUT2D eigenvalue weighted by Gasteiger charge is -2.04. The lowest BCUT2D eigenvalue weighted by Crippen LogP contribution is -2.07. The van der Waals surface area contributed by atoms with Gasteiger partial charge in [-0.1, -0.05) is 42.5 Å². The minimum atomic E-state index is -0.707. The predicted molar refractivity (Wildman–Crippen MR) is 74.6 cm³/mol. The molecule has 1 heterocycles. The first-order chi connectivity index (χ1) is 9.68. The van der Waals surface area contributed by atoms with Crippen LogP contribution in [0.4, 0.5) is 5.69 Å². The summed E-state index contributed by atoms with van der Waals surface area (Å²) in [7, 11) is 0. The molecule has 0 unspecified atom stereocenters. The zero-order valence-electron chi connectivity index (χ0n) is 10.3. The Balaban J connectivity index is 2.48. The van der Waals surface area contributed by atoms with E-state index in [1.54, 1.807) is 54.6 Å². The Hall–Kier alpha value is -2.95. The largest absolute Gasteiger partial charge is 0.422 e. The zero-order valence-corrected chi connectivity index (χ0v) is 10.3. The number of fused-ring (bicyclic) bond motifs is 1. The molecule has 0 aliphatic rings. The average Bonchev–Trinajstić information content (AvgIpc) is 2.46. The minimum absolute atomic E-state index is 0.0192. The highest BCUT2D eigenvalue weighted by Crippen LogP contribution is 2.33. The molecule has 98 valence electrons. The second-order valence-corrected chi connectivity index (χ2v) is 4.23. The van der Waals surface area contributed by atoms with E-state index in [4.69, 9.17) is 4.42 Å². The number of nitro groups is 1. The maximum Gasteiger partial charge on any atom is 0.351 e. The first-order valence-electron chi connectivity index (χ1n) is 5.94. The van der Waals surface area contributed by atoms with Crippen LogP contribution in [0.15, 0.2) is 63.8 Å². The summed E-state index contributed by atoms with van der Waals surface area (Å²) in [5.74, 6) is 0. The second-order valence-electron chi connectivity index (χ2n) is 4.23. The number of para-hydroxylation sites is 1. The van der Waals surface area contributed by atoms with Crippen molar-refractivity contribution in [2.75, 3.05) is 0 Å². The average molecular weight is 267 g/mol. The molecule has 0 bridgehead atoms. The van der Waals surface area contributed by atoms with Gasteiger partial charge in [-0.15, -0.1) is 0 Å². The molecule has 0 aliphatic carbocycles. The lowest BCUT2D eigenvalue weighted by atomic mass is 10.0. The molecule has 5 heteroatoms. The molecule has 0 fully saturated rings. The van der Waals surface area contributed by atoms with Crippen molar-refractivity contribution in [3.05, 3.63) is 75.1 Å². The maximum absolute atomic E-state index is 12.1. The molecule has 5 nitrogen and oxygen atoms in total. The summed E-state index contributed by atoms with van der Waals surface area (Å²) in [6.07, 6.45) is 0. The molecule has 0 aliphatic heterocycles. The standard InChI is InChI=1S/C15H9NO4/c17-15-13(10-6-2-1-3-7-10)14(16(18)19)11-8-4-5-9-12(11)20-15/h1-9H. The van der Waals surface area contributed by atoms with E-state index in [1.807, 2.05) is 0 Å². The van der Waals surface area contributed by atoms with Gasteiger partial charge in [0.15, 0.2) is 0 Å². The van der Waals surface area contributed by atoms with Crippen molar-refractivity contribution < 1.29 is 9.34 Å². The second kappa shape index (κ2) is 4.62. The molecule has 3 aromatic rings. The van der Waals surface area contributed by atoms with Gasteiger partial charge < -0.3 is 4.42 Å². The van der Waals surface area contributed by atoms with Crippen LogP contribution < -0.4 is 5.63 Å². The van der Waals surface area contributed by atoms with Gasteiger partial charge in [-0.3, -0.25) is 10.1 Å². The van der Waals surface area contributed by atoms with Gasteiger partial charge in [0.2, 0.25) is 0 Å². The zero-order chi connectivity index (χ0) is 14.1. The Morgan fingerprint density at radius 1 is 0.950 bits per heavy atom. The van der Waals surface area contributed by atoms with Crippen LogP contribution in [0.1, 0.15) is 0 Å². The van der Waals surface area contributed by atoms with E-state index in [-0.39, 0.29) is 16.8 Å². The van der Waals surface area contributed by atoms with Gasteiger partial charge in [0.05, 0.1) is 10.3 Å². The Kier molecular flexibility index (Phi) is 2.80. The van der Waals surface area contributed by atoms with Gasteiger partial charge in [0, 0.05) is 0 Å². The van der Waals surface area contributed by atoms with E-state index in [2.05, 4.69) is 0 Å². The molecule has 0 radical (unpaired) electrons. The van der Waals surface area contributed by atoms with Gasteiger partial charge in [-0.2, -0.15) is 0 Å². The molecular formula is C15H9NO4. The minimum Gasteiger partial charge on any atom is -0.422 e. The van der Waals surface area contributed by atoms with Crippen LogP contribution in [0.3, 0.4) is 0 Å². The van der Waals surface area contributed by atoms with Crippen LogP contribution in [0.2, 0.25) is 0 Å². The highest BCUT2D eigenvalue weighted by atomic mass is 16.6. The Morgan fingerprint density at radius 2 is 1.60 bits per heavy atom. The molecule has 1 aromatic heterocycles. The van der Waals surface area contributed by atoms with Crippen molar-refractivity contribution in [1.29, 1.82) is 0 Å². The molecule has 3 rings (SSSR count). The van der Waals surface area contributed by atoms with E-state index in [0.717, 1.165) is 0 Å². The molecule has 0 spiro atoms. The summed E-state index contributed by atoms with van der Waals surface area (Å²) in [6, 6.07) is 14.9. The van der Waals surface area contributed by atoms with Gasteiger partial charge >= 0.3 is 5.63 Å². The molecule has 0 saturated carbocycles. The van der Waals surface area contributed by atoms with E-state index in [1.165, 1.54) is 0 Å². The summed E-state index contributed by atoms with van der Waals surface area (Å²) in [6.45, 7) is 0. The monoisotopic (exact) mass is 267 g/mol. The van der Waals surface area contributed by atoms with Gasteiger partial charge in [0.1, 0.15) is 11.1 Å². The van der Waals surface area contributed by atoms with Crippen molar-refractivity contribution >= 4 is 16.7 Å². The van der Waals surface area contributed by atoms with Gasteiger partial charge in [-0.05, 0) is 17.7 Å². The number of hydrogen-bond acceptors (Lipinski definition) is 4. The molecular weight excluding hydrogens is 258 g/mol. The molecule has 0 atom stereocenters. The fraction of sp³-hybridized carbons (Fsp3) is 0. The third kappa shape index (κ3) is 1.85. The van der Waals surface area contributed by atoms with Crippen LogP contribution in [0.25, 0.3) is 22.1 Å². The van der Waals surface area contributed by atoms with Crippen molar-refractivity contribution in [3.63, 3.8) is 0 Å². The first kappa shape index (κ1) is 12.1. The number of nitrogens with zero attached hydrogens (tertiary/aromatic N) is 1. The summed E-state index contributed by atoms with van der Waals surface area (Å²) in [5.41, 5.74) is -0.262. The van der Waals surface area contributed by atoms with Crippen molar-refractivity contribution in [2.45, 2.75) is 0 Å². The number of rotatable bonds is 2. The SMILES string of the molecule is O=c1oc2ccccc2c([N+](=O)[O-])c1-c1ccccc1. The lowest BCUT2D eigenvalue weighted by molar-refractivity contribution is -0.382. The van der Waals surface area contributed by atoms with E-state index in [0.29, 0.717) is 10.9 Å². The number of hydrogen-bond donors (Lipinski definition) is 0. The van der Waals surface area contributed by atoms with Crippen LogP contribution in [0.5, 0.6) is 0 Å². The van der Waals surface area contributed by atoms with Crippen molar-refractivity contribution in [1.82, 2.24) is 0 Å². The van der Waals surface area contributed by atoms with Crippen molar-refractivity contribution in [3.8, 4) is 11.1 Å². The van der Waals surface area contributed by atoms with Crippen LogP contribution in [-0.4, -0.2) is 4.92 Å². The third-order valence-corrected chi connectivity index (χ3v) is 3.03. The van der Waals surface area contributed by atoms with E-state index in [9.17, 15) is 14.9 Å². The predicted octanol–water partition coefficient (Wildman–Crippen LogP) is 3.37. The summed E-state index contributed by atoms with van der Waals surface area (Å²) >= 11 is 0. The summed E-state index contributed by atoms with van der Waals surface area (Å²) in [4.78, 5) is 22.9. The molecule has 0 saturated heterocycles. The molecule has 20 heavy (non-hydrogen) atoms. The fourth-order valence-corrected chi connectivity index (χ4v) is 2.18. The number of benzene rings is 2. The van der Waals surface area contributed by atoms with Gasteiger partial charge in [-0.25, -0.2) is 4.79 Å². The van der Waals surface area contributed by atoms with E-state index >= 15 is 0 Å². The molecule has 0 N–H and O–H groups in total. The Labute approximate surface area is 113 Å². The normalized spacial score (nSPS) is 10.6. The maximum atomic E-state index is 12.1. The van der Waals surface area contributed by atoms with Crippen LogP contribution in [-0.2, 0) is 0 Å². The fourth-order valence-electron chi connectivity index (χ4n) is 2.18. The smallest absolute Gasteiger partial charge is 0.351 e. The Bertz CT molecular complexity index is 853. The highest BCUT2D eigenvalue weighted by molar-refractivity contribution is 5.93. The topological polar surface area (TPSA) is 73.3 Å². The summed E-state index contributed by atoms with van der Waals surface area (Å²) in [5, 5.41) is 11.7. The Morgan fingerprint density at radius 3 is 2.30 bits per heavy atom. The third-order valence-electron chi connectivity index (χ3n) is 3.03. The van der Waals surface area contributed by atoms with Crippen LogP contribution >= 0.6 is 0 Å². The quantitative estimate of drug-likeness (QED) is 0.405. The van der Waals surface area contributed by atoms with E-state index < -0.39 is 10.5 Å². The van der Waals surface area contributed by atoms with Crippen molar-refractivity contribution in [2.24, 2.45) is 0 Å². The van der Waals surface area contributed by atoms with Crippen LogP contribution in [0, 0.1) is 10.1 Å². The molecule has 2 aromatic carbocycles. The summed E-state index contributed by atoms with van der Waals surface area (Å²) < 4.78 is 5.18. The molecule has 0 amide bonds. The first-order valence-corrected chi connectivity index (χ1v) is 5.94.